The van der Waals surface area contributed by atoms with E-state index in [1.807, 2.05) is 30.3 Å². The molecule has 3 aromatic rings. The molecule has 4 nitrogen and oxygen atoms in total. The lowest BCUT2D eigenvalue weighted by Crippen LogP contribution is -2.55. The molecule has 0 radical (unpaired) electrons. The summed E-state index contributed by atoms with van der Waals surface area (Å²) in [5.74, 6) is 0.681. The summed E-state index contributed by atoms with van der Waals surface area (Å²) in [4.78, 5) is 20.2. The molecule has 3 aliphatic rings. The molecular weight excluding hydrogens is 408 g/mol. The van der Waals surface area contributed by atoms with Gasteiger partial charge in [-0.25, -0.2) is 4.79 Å². The third-order valence-electron chi connectivity index (χ3n) is 6.82. The molecule has 4 heterocycles. The van der Waals surface area contributed by atoms with Crippen molar-refractivity contribution < 1.29 is 9.53 Å². The van der Waals surface area contributed by atoms with Crippen molar-refractivity contribution in [1.82, 2.24) is 9.88 Å². The predicted molar refractivity (Wildman–Crippen MR) is 123 cm³/mol. The van der Waals surface area contributed by atoms with Crippen LogP contribution in [-0.2, 0) is 4.74 Å². The highest BCUT2D eigenvalue weighted by Crippen LogP contribution is 2.43. The standard InChI is InChI=1S/C26H25ClN2O2/c1-2-17-16-29-14-12-18(17)15-24(29)25(31-26(30)21-8-3-5-9-22(21)27)20-11-13-28-23-10-6-4-7-19(20)23/h2-11,13,17-18,24-25H,1,12,14-16H2/t17-,18-,24-,25+/m0/s1. The van der Waals surface area contributed by atoms with Crippen molar-refractivity contribution in [2.75, 3.05) is 13.1 Å². The Hall–Kier alpha value is -2.69. The largest absolute Gasteiger partial charge is 0.452 e. The molecule has 5 atom stereocenters. The van der Waals surface area contributed by atoms with E-state index in [9.17, 15) is 4.79 Å². The number of esters is 1. The number of benzene rings is 2. The number of nitrogens with zero attached hydrogens (tertiary/aromatic N) is 2. The third-order valence-corrected chi connectivity index (χ3v) is 7.15. The van der Waals surface area contributed by atoms with Gasteiger partial charge in [0.25, 0.3) is 0 Å². The van der Waals surface area contributed by atoms with Crippen molar-refractivity contribution >= 4 is 28.5 Å². The molecule has 0 N–H and O–H groups in total. The average Bonchev–Trinajstić information content (AvgIpc) is 2.82. The van der Waals surface area contributed by atoms with Crippen molar-refractivity contribution in [1.29, 1.82) is 0 Å². The Morgan fingerprint density at radius 3 is 2.77 bits per heavy atom. The topological polar surface area (TPSA) is 42.4 Å². The van der Waals surface area contributed by atoms with Crippen LogP contribution in [0.5, 0.6) is 0 Å². The molecule has 6 rings (SSSR count). The molecule has 3 fully saturated rings. The molecule has 0 spiro atoms. The average molecular weight is 433 g/mol. The lowest BCUT2D eigenvalue weighted by molar-refractivity contribution is -0.0568. The zero-order valence-electron chi connectivity index (χ0n) is 17.3. The lowest BCUT2D eigenvalue weighted by Gasteiger charge is -2.51. The molecule has 2 bridgehead atoms. The van der Waals surface area contributed by atoms with E-state index < -0.39 is 6.10 Å². The first-order chi connectivity index (χ1) is 15.2. The number of hydrogen-bond donors (Lipinski definition) is 0. The first-order valence-corrected chi connectivity index (χ1v) is 11.2. The molecule has 0 saturated carbocycles. The first-order valence-electron chi connectivity index (χ1n) is 10.8. The fourth-order valence-electron chi connectivity index (χ4n) is 5.21. The highest BCUT2D eigenvalue weighted by atomic mass is 35.5. The number of piperidine rings is 3. The number of carbonyl (C=O) groups excluding carboxylic acids is 1. The van der Waals surface area contributed by atoms with Gasteiger partial charge in [0.05, 0.1) is 22.1 Å². The Labute approximate surface area is 187 Å². The van der Waals surface area contributed by atoms with Gasteiger partial charge >= 0.3 is 5.97 Å². The van der Waals surface area contributed by atoms with Crippen molar-refractivity contribution in [2.24, 2.45) is 11.8 Å². The van der Waals surface area contributed by atoms with Crippen LogP contribution in [0.3, 0.4) is 0 Å². The molecule has 158 valence electrons. The predicted octanol–water partition coefficient (Wildman–Crippen LogP) is 5.68. The van der Waals surface area contributed by atoms with Crippen molar-refractivity contribution in [3.05, 3.63) is 89.6 Å². The van der Waals surface area contributed by atoms with Gasteiger partial charge in [0.1, 0.15) is 6.10 Å². The van der Waals surface area contributed by atoms with Crippen LogP contribution >= 0.6 is 11.6 Å². The zero-order chi connectivity index (χ0) is 21.4. The summed E-state index contributed by atoms with van der Waals surface area (Å²) in [6.45, 7) is 6.01. The SMILES string of the molecule is C=C[C@H]1CN2CC[C@H]1C[C@H]2[C@H](OC(=O)c1ccccc1Cl)c1ccnc2ccccc12. The molecule has 2 aromatic carbocycles. The first kappa shape index (κ1) is 20.2. The summed E-state index contributed by atoms with van der Waals surface area (Å²) >= 11 is 6.30. The minimum atomic E-state index is -0.398. The Bertz CT molecular complexity index is 1130. The van der Waals surface area contributed by atoms with Crippen molar-refractivity contribution in [2.45, 2.75) is 25.0 Å². The number of fused-ring (bicyclic) bond motifs is 4. The van der Waals surface area contributed by atoms with Crippen LogP contribution in [0.1, 0.15) is 34.9 Å². The quantitative estimate of drug-likeness (QED) is 0.384. The van der Waals surface area contributed by atoms with Gasteiger partial charge in [0.15, 0.2) is 0 Å². The van der Waals surface area contributed by atoms with E-state index in [0.717, 1.165) is 42.4 Å². The van der Waals surface area contributed by atoms with Gasteiger partial charge in [-0.1, -0.05) is 48.0 Å². The van der Waals surface area contributed by atoms with Crippen LogP contribution in [0.15, 0.2) is 73.4 Å². The van der Waals surface area contributed by atoms with E-state index in [1.165, 1.54) is 0 Å². The molecule has 1 unspecified atom stereocenters. The second-order valence-corrected chi connectivity index (χ2v) is 8.88. The highest BCUT2D eigenvalue weighted by Gasteiger charge is 2.44. The van der Waals surface area contributed by atoms with Gasteiger partial charge in [-0.2, -0.15) is 0 Å². The van der Waals surface area contributed by atoms with Gasteiger partial charge in [-0.15, -0.1) is 6.58 Å². The minimum Gasteiger partial charge on any atom is -0.452 e. The molecule has 1 aromatic heterocycles. The summed E-state index contributed by atoms with van der Waals surface area (Å²) in [6.07, 6.45) is 5.63. The summed E-state index contributed by atoms with van der Waals surface area (Å²) in [5.41, 5.74) is 2.30. The van der Waals surface area contributed by atoms with E-state index in [1.54, 1.807) is 24.4 Å². The molecule has 0 amide bonds. The van der Waals surface area contributed by atoms with Crippen LogP contribution in [0.25, 0.3) is 10.9 Å². The second-order valence-electron chi connectivity index (χ2n) is 8.47. The van der Waals surface area contributed by atoms with E-state index in [0.29, 0.717) is 22.4 Å². The summed E-state index contributed by atoms with van der Waals surface area (Å²) in [6, 6.07) is 17.2. The lowest BCUT2D eigenvalue weighted by atomic mass is 9.73. The zero-order valence-corrected chi connectivity index (χ0v) is 18.0. The van der Waals surface area contributed by atoms with Crippen LogP contribution in [0, 0.1) is 11.8 Å². The fourth-order valence-corrected chi connectivity index (χ4v) is 5.43. The summed E-state index contributed by atoms with van der Waals surface area (Å²) in [7, 11) is 0. The van der Waals surface area contributed by atoms with Crippen LogP contribution in [0.2, 0.25) is 5.02 Å². The molecule has 3 saturated heterocycles. The Kier molecular flexibility index (Phi) is 5.51. The Morgan fingerprint density at radius 1 is 1.19 bits per heavy atom. The number of carbonyl (C=O) groups is 1. The summed E-state index contributed by atoms with van der Waals surface area (Å²) < 4.78 is 6.25. The van der Waals surface area contributed by atoms with Gasteiger partial charge in [0.2, 0.25) is 0 Å². The van der Waals surface area contributed by atoms with E-state index in [2.05, 4.69) is 28.6 Å². The number of ether oxygens (including phenoxy) is 1. The molecule has 5 heteroatoms. The number of rotatable bonds is 5. The fraction of sp³-hybridized carbons (Fsp3) is 0.308. The Balaban J connectivity index is 1.55. The highest BCUT2D eigenvalue weighted by molar-refractivity contribution is 6.33. The van der Waals surface area contributed by atoms with Gasteiger partial charge in [-0.3, -0.25) is 9.88 Å². The monoisotopic (exact) mass is 432 g/mol. The van der Waals surface area contributed by atoms with Crippen molar-refractivity contribution in [3.63, 3.8) is 0 Å². The third kappa shape index (κ3) is 3.75. The number of hydrogen-bond acceptors (Lipinski definition) is 4. The molecule has 3 aliphatic heterocycles. The maximum Gasteiger partial charge on any atom is 0.340 e. The second kappa shape index (κ2) is 8.45. The van der Waals surface area contributed by atoms with Crippen LogP contribution in [0.4, 0.5) is 0 Å². The number of para-hydroxylation sites is 1. The number of aromatic nitrogens is 1. The number of halogens is 1. The summed E-state index contributed by atoms with van der Waals surface area (Å²) in [5, 5.41) is 1.42. The van der Waals surface area contributed by atoms with E-state index >= 15 is 0 Å². The molecule has 0 aliphatic carbocycles. The minimum absolute atomic E-state index is 0.118. The molecular formula is C26H25ClN2O2. The van der Waals surface area contributed by atoms with Gasteiger partial charge < -0.3 is 4.74 Å². The van der Waals surface area contributed by atoms with Gasteiger partial charge in [-0.05, 0) is 55.5 Å². The molecule has 31 heavy (non-hydrogen) atoms. The van der Waals surface area contributed by atoms with Crippen molar-refractivity contribution in [3.8, 4) is 0 Å². The Morgan fingerprint density at radius 2 is 2.00 bits per heavy atom. The number of pyridine rings is 1. The maximum absolute atomic E-state index is 13.2. The van der Waals surface area contributed by atoms with Crippen LogP contribution < -0.4 is 0 Å². The smallest absolute Gasteiger partial charge is 0.340 e. The normalized spacial score (nSPS) is 25.8. The van der Waals surface area contributed by atoms with E-state index in [4.69, 9.17) is 16.3 Å². The van der Waals surface area contributed by atoms with Gasteiger partial charge in [0, 0.05) is 23.7 Å². The van der Waals surface area contributed by atoms with E-state index in [-0.39, 0.29) is 12.0 Å². The van der Waals surface area contributed by atoms with Crippen LogP contribution in [-0.4, -0.2) is 35.0 Å². The maximum atomic E-state index is 13.2.